The van der Waals surface area contributed by atoms with Gasteiger partial charge in [-0.1, -0.05) is 18.2 Å². The first-order chi connectivity index (χ1) is 13.6. The van der Waals surface area contributed by atoms with Crippen LogP contribution in [0, 0.1) is 17.1 Å². The zero-order chi connectivity index (χ0) is 19.9. The van der Waals surface area contributed by atoms with Gasteiger partial charge in [-0.05, 0) is 30.3 Å². The SMILES string of the molecule is CN=C(NCc1cc(C#N)ccc1F)N(C)Cc1cnn(-c2ccccc2)c1.I. The molecule has 29 heavy (non-hydrogen) atoms. The van der Waals surface area contributed by atoms with Gasteiger partial charge in [0.1, 0.15) is 5.82 Å². The molecule has 0 atom stereocenters. The van der Waals surface area contributed by atoms with Crippen molar-refractivity contribution in [2.75, 3.05) is 14.1 Å². The lowest BCUT2D eigenvalue weighted by Crippen LogP contribution is -2.38. The summed E-state index contributed by atoms with van der Waals surface area (Å²) in [5.41, 5.74) is 2.86. The summed E-state index contributed by atoms with van der Waals surface area (Å²) in [5, 5.41) is 16.5. The van der Waals surface area contributed by atoms with Crippen molar-refractivity contribution in [3.63, 3.8) is 0 Å². The van der Waals surface area contributed by atoms with Crippen LogP contribution in [0.4, 0.5) is 4.39 Å². The molecule has 0 aliphatic rings. The smallest absolute Gasteiger partial charge is 0.193 e. The Bertz CT molecular complexity index is 1010. The zero-order valence-electron chi connectivity index (χ0n) is 16.2. The first-order valence-electron chi connectivity index (χ1n) is 8.80. The van der Waals surface area contributed by atoms with E-state index in [0.29, 0.717) is 23.6 Å². The van der Waals surface area contributed by atoms with Crippen molar-refractivity contribution in [1.29, 1.82) is 5.26 Å². The number of guanidine groups is 1. The minimum Gasteiger partial charge on any atom is -0.352 e. The second kappa shape index (κ2) is 10.6. The Labute approximate surface area is 186 Å². The van der Waals surface area contributed by atoms with E-state index in [1.807, 2.05) is 65.4 Å². The maximum absolute atomic E-state index is 14.0. The van der Waals surface area contributed by atoms with Gasteiger partial charge in [-0.2, -0.15) is 10.4 Å². The topological polar surface area (TPSA) is 69.2 Å². The normalized spacial score (nSPS) is 10.8. The Balaban J connectivity index is 0.00000300. The van der Waals surface area contributed by atoms with Crippen LogP contribution in [-0.2, 0) is 13.1 Å². The molecule has 0 saturated heterocycles. The van der Waals surface area contributed by atoms with E-state index in [2.05, 4.69) is 15.4 Å². The first kappa shape index (κ1) is 22.4. The molecule has 3 aromatic rings. The number of halogens is 2. The van der Waals surface area contributed by atoms with Gasteiger partial charge >= 0.3 is 0 Å². The summed E-state index contributed by atoms with van der Waals surface area (Å²) in [6.07, 6.45) is 3.78. The maximum Gasteiger partial charge on any atom is 0.193 e. The summed E-state index contributed by atoms with van der Waals surface area (Å²) in [6.45, 7) is 0.828. The standard InChI is InChI=1S/C21H21FN6.HI/c1-24-21(25-13-18-10-16(11-23)8-9-20(18)22)27(2)14-17-12-26-28(15-17)19-6-4-3-5-7-19;/h3-10,12,15H,13-14H2,1-2H3,(H,24,25);1H. The average molecular weight is 504 g/mol. The molecule has 0 saturated carbocycles. The molecule has 0 aliphatic heterocycles. The molecule has 0 amide bonds. The summed E-state index contributed by atoms with van der Waals surface area (Å²) in [6, 6.07) is 16.2. The Morgan fingerprint density at radius 3 is 2.72 bits per heavy atom. The summed E-state index contributed by atoms with van der Waals surface area (Å²) in [7, 11) is 3.57. The van der Waals surface area contributed by atoms with Crippen LogP contribution in [0.25, 0.3) is 5.69 Å². The van der Waals surface area contributed by atoms with Crippen LogP contribution in [0.15, 0.2) is 65.9 Å². The number of benzene rings is 2. The molecule has 6 nitrogen and oxygen atoms in total. The number of nitrogens with one attached hydrogen (secondary N) is 1. The van der Waals surface area contributed by atoms with Gasteiger partial charge in [-0.25, -0.2) is 9.07 Å². The van der Waals surface area contributed by atoms with Crippen LogP contribution in [0.3, 0.4) is 0 Å². The number of nitrogens with zero attached hydrogens (tertiary/aromatic N) is 5. The van der Waals surface area contributed by atoms with Crippen molar-refractivity contribution in [1.82, 2.24) is 20.0 Å². The lowest BCUT2D eigenvalue weighted by molar-refractivity contribution is 0.475. The minimum absolute atomic E-state index is 0. The molecule has 0 radical (unpaired) electrons. The molecule has 1 N–H and O–H groups in total. The largest absolute Gasteiger partial charge is 0.352 e. The van der Waals surface area contributed by atoms with Gasteiger partial charge in [0.05, 0.1) is 23.5 Å². The van der Waals surface area contributed by atoms with Crippen LogP contribution < -0.4 is 5.32 Å². The van der Waals surface area contributed by atoms with Crippen LogP contribution in [0.2, 0.25) is 0 Å². The molecular weight excluding hydrogens is 482 g/mol. The highest BCUT2D eigenvalue weighted by Crippen LogP contribution is 2.11. The second-order valence-electron chi connectivity index (χ2n) is 6.30. The van der Waals surface area contributed by atoms with Crippen molar-refractivity contribution < 1.29 is 4.39 Å². The Hall–Kier alpha value is -2.93. The zero-order valence-corrected chi connectivity index (χ0v) is 18.5. The van der Waals surface area contributed by atoms with Gasteiger partial charge in [-0.15, -0.1) is 24.0 Å². The lowest BCUT2D eigenvalue weighted by Gasteiger charge is -2.21. The number of aliphatic imine (C=N–C) groups is 1. The number of hydrogen-bond acceptors (Lipinski definition) is 3. The third-order valence-electron chi connectivity index (χ3n) is 4.26. The van der Waals surface area contributed by atoms with Gasteiger partial charge in [0.2, 0.25) is 0 Å². The van der Waals surface area contributed by atoms with Crippen molar-refractivity contribution in [2.24, 2.45) is 4.99 Å². The van der Waals surface area contributed by atoms with Gasteiger partial charge in [0.15, 0.2) is 5.96 Å². The molecule has 0 spiro atoms. The molecular formula is C21H22FIN6. The van der Waals surface area contributed by atoms with Gasteiger partial charge in [0, 0.05) is 44.5 Å². The third-order valence-corrected chi connectivity index (χ3v) is 4.26. The first-order valence-corrected chi connectivity index (χ1v) is 8.80. The highest BCUT2D eigenvalue weighted by atomic mass is 127. The summed E-state index contributed by atoms with van der Waals surface area (Å²) >= 11 is 0. The molecule has 8 heteroatoms. The van der Waals surface area contributed by atoms with Gasteiger partial charge in [0.25, 0.3) is 0 Å². The van der Waals surface area contributed by atoms with E-state index in [1.54, 1.807) is 13.1 Å². The number of rotatable bonds is 5. The van der Waals surface area contributed by atoms with Crippen LogP contribution in [-0.4, -0.2) is 34.7 Å². The lowest BCUT2D eigenvalue weighted by atomic mass is 10.1. The highest BCUT2D eigenvalue weighted by Gasteiger charge is 2.10. The van der Waals surface area contributed by atoms with E-state index in [1.165, 1.54) is 12.1 Å². The van der Waals surface area contributed by atoms with E-state index >= 15 is 0 Å². The average Bonchev–Trinajstić information content (AvgIpc) is 3.19. The predicted molar refractivity (Wildman–Crippen MR) is 122 cm³/mol. The summed E-state index contributed by atoms with van der Waals surface area (Å²) in [4.78, 5) is 6.18. The predicted octanol–water partition coefficient (Wildman–Crippen LogP) is 3.71. The Morgan fingerprint density at radius 1 is 1.28 bits per heavy atom. The fourth-order valence-electron chi connectivity index (χ4n) is 2.85. The quantitative estimate of drug-likeness (QED) is 0.327. The monoisotopic (exact) mass is 504 g/mol. The maximum atomic E-state index is 14.0. The molecule has 0 fully saturated rings. The molecule has 0 unspecified atom stereocenters. The van der Waals surface area contributed by atoms with E-state index in [9.17, 15) is 4.39 Å². The molecule has 0 bridgehead atoms. The third kappa shape index (κ3) is 5.77. The van der Waals surface area contributed by atoms with Crippen molar-refractivity contribution in [3.05, 3.63) is 83.4 Å². The number of aromatic nitrogens is 2. The van der Waals surface area contributed by atoms with E-state index in [0.717, 1.165) is 11.3 Å². The fourth-order valence-corrected chi connectivity index (χ4v) is 2.85. The van der Waals surface area contributed by atoms with Crippen LogP contribution in [0.1, 0.15) is 16.7 Å². The molecule has 2 aromatic carbocycles. The second-order valence-corrected chi connectivity index (χ2v) is 6.30. The van der Waals surface area contributed by atoms with E-state index in [-0.39, 0.29) is 36.3 Å². The Kier molecular flexibility index (Phi) is 8.15. The summed E-state index contributed by atoms with van der Waals surface area (Å²) in [5.74, 6) is 0.267. The highest BCUT2D eigenvalue weighted by molar-refractivity contribution is 14.0. The van der Waals surface area contributed by atoms with E-state index < -0.39 is 0 Å². The number of para-hydroxylation sites is 1. The summed E-state index contributed by atoms with van der Waals surface area (Å²) < 4.78 is 15.8. The van der Waals surface area contributed by atoms with Crippen LogP contribution in [0.5, 0.6) is 0 Å². The molecule has 150 valence electrons. The van der Waals surface area contributed by atoms with E-state index in [4.69, 9.17) is 5.26 Å². The number of nitriles is 1. The Morgan fingerprint density at radius 2 is 2.03 bits per heavy atom. The van der Waals surface area contributed by atoms with Crippen molar-refractivity contribution >= 4 is 29.9 Å². The molecule has 0 aliphatic carbocycles. The molecule has 1 aromatic heterocycles. The fraction of sp³-hybridized carbons (Fsp3) is 0.190. The van der Waals surface area contributed by atoms with Gasteiger partial charge in [-0.3, -0.25) is 4.99 Å². The van der Waals surface area contributed by atoms with Crippen molar-refractivity contribution in [3.8, 4) is 11.8 Å². The molecule has 3 rings (SSSR count). The van der Waals surface area contributed by atoms with Gasteiger partial charge < -0.3 is 10.2 Å². The van der Waals surface area contributed by atoms with Crippen molar-refractivity contribution in [2.45, 2.75) is 13.1 Å². The number of hydrogen-bond donors (Lipinski definition) is 1. The van der Waals surface area contributed by atoms with Crippen LogP contribution >= 0.6 is 24.0 Å². The molecule has 1 heterocycles. The minimum atomic E-state index is -0.353.